The summed E-state index contributed by atoms with van der Waals surface area (Å²) in [6.07, 6.45) is 2.46. The minimum Gasteiger partial charge on any atom is -0.495 e. The number of para-hydroxylation sites is 2. The van der Waals surface area contributed by atoms with E-state index in [1.54, 1.807) is 19.2 Å². The first-order valence-electron chi connectivity index (χ1n) is 7.07. The molecule has 24 heavy (non-hydrogen) atoms. The van der Waals surface area contributed by atoms with Crippen molar-refractivity contribution in [1.29, 1.82) is 0 Å². The Morgan fingerprint density at radius 1 is 1.25 bits per heavy atom. The minimum atomic E-state index is -3.55. The average molecular weight is 348 g/mol. The number of benzene rings is 1. The van der Waals surface area contributed by atoms with E-state index in [4.69, 9.17) is 4.74 Å². The van der Waals surface area contributed by atoms with Gasteiger partial charge in [-0.3, -0.25) is 9.80 Å². The molecule has 0 radical (unpaired) electrons. The maximum Gasteiger partial charge on any atom is 0.330 e. The van der Waals surface area contributed by atoms with Crippen LogP contribution in [0, 0.1) is 0 Å². The third kappa shape index (κ3) is 2.67. The number of urea groups is 1. The van der Waals surface area contributed by atoms with Crippen LogP contribution in [0.3, 0.4) is 0 Å². The lowest BCUT2D eigenvalue weighted by Crippen LogP contribution is -2.46. The Labute approximate surface area is 139 Å². The zero-order chi connectivity index (χ0) is 17.5. The number of sulfone groups is 1. The van der Waals surface area contributed by atoms with Crippen LogP contribution in [-0.4, -0.2) is 44.8 Å². The zero-order valence-electron chi connectivity index (χ0n) is 13.4. The van der Waals surface area contributed by atoms with Crippen LogP contribution in [-0.2, 0) is 16.4 Å². The summed E-state index contributed by atoms with van der Waals surface area (Å²) in [4.78, 5) is 23.5. The average Bonchev–Trinajstić information content (AvgIpc) is 2.57. The van der Waals surface area contributed by atoms with E-state index in [0.717, 1.165) is 6.26 Å². The number of aromatic nitrogens is 2. The second-order valence-corrected chi connectivity index (χ2v) is 7.28. The van der Waals surface area contributed by atoms with Gasteiger partial charge in [0.2, 0.25) is 15.0 Å². The number of hydrogen-bond acceptors (Lipinski definition) is 6. The first kappa shape index (κ1) is 16.2. The molecule has 2 amide bonds. The molecule has 2 heterocycles. The van der Waals surface area contributed by atoms with Crippen LogP contribution in [0.15, 0.2) is 35.6 Å². The summed E-state index contributed by atoms with van der Waals surface area (Å²) in [6, 6.07) is 6.84. The predicted octanol–water partition coefficient (Wildman–Crippen LogP) is 1.47. The van der Waals surface area contributed by atoms with Crippen LogP contribution < -0.4 is 14.5 Å². The second-order valence-electron chi connectivity index (χ2n) is 5.37. The standard InChI is InChI=1S/C15H16N4O4S/c1-18-13-10(8-16-14(17-13)24(3,21)22)9-19(15(18)20)11-6-4-5-7-12(11)23-2/h4-8H,9H2,1-3H3. The van der Waals surface area contributed by atoms with Crippen molar-refractivity contribution >= 4 is 27.4 Å². The SMILES string of the molecule is COc1ccccc1N1Cc2cnc(S(C)(=O)=O)nc2N(C)C1=O. The van der Waals surface area contributed by atoms with Gasteiger partial charge in [0.15, 0.2) is 0 Å². The molecule has 0 atom stereocenters. The number of rotatable bonds is 3. The zero-order valence-corrected chi connectivity index (χ0v) is 14.2. The van der Waals surface area contributed by atoms with Gasteiger partial charge in [-0.05, 0) is 12.1 Å². The van der Waals surface area contributed by atoms with Crippen molar-refractivity contribution < 1.29 is 17.9 Å². The highest BCUT2D eigenvalue weighted by molar-refractivity contribution is 7.90. The summed E-state index contributed by atoms with van der Waals surface area (Å²) in [7, 11) is -0.470. The Morgan fingerprint density at radius 2 is 1.96 bits per heavy atom. The number of anilines is 2. The molecule has 1 aromatic carbocycles. The maximum absolute atomic E-state index is 12.7. The topological polar surface area (TPSA) is 92.7 Å². The van der Waals surface area contributed by atoms with Gasteiger partial charge in [0, 0.05) is 25.1 Å². The Balaban J connectivity index is 2.07. The van der Waals surface area contributed by atoms with Crippen molar-refractivity contribution in [3.8, 4) is 5.75 Å². The molecule has 8 nitrogen and oxygen atoms in total. The van der Waals surface area contributed by atoms with E-state index < -0.39 is 9.84 Å². The Morgan fingerprint density at radius 3 is 2.62 bits per heavy atom. The van der Waals surface area contributed by atoms with Gasteiger partial charge in [0.05, 0.1) is 19.3 Å². The van der Waals surface area contributed by atoms with E-state index in [0.29, 0.717) is 22.8 Å². The number of amides is 2. The van der Waals surface area contributed by atoms with Gasteiger partial charge < -0.3 is 4.74 Å². The van der Waals surface area contributed by atoms with E-state index in [2.05, 4.69) is 9.97 Å². The molecule has 0 N–H and O–H groups in total. The van der Waals surface area contributed by atoms with Crippen LogP contribution in [0.1, 0.15) is 5.56 Å². The second kappa shape index (κ2) is 5.75. The quantitative estimate of drug-likeness (QED) is 0.780. The first-order chi connectivity index (χ1) is 11.3. The molecule has 9 heteroatoms. The fourth-order valence-electron chi connectivity index (χ4n) is 2.51. The Bertz CT molecular complexity index is 913. The summed E-state index contributed by atoms with van der Waals surface area (Å²) in [5, 5.41) is -0.299. The van der Waals surface area contributed by atoms with Crippen LogP contribution in [0.25, 0.3) is 0 Å². The van der Waals surface area contributed by atoms with Crippen LogP contribution in [0.2, 0.25) is 0 Å². The van der Waals surface area contributed by atoms with Gasteiger partial charge in [0.1, 0.15) is 11.6 Å². The molecular formula is C15H16N4O4S. The van der Waals surface area contributed by atoms with Gasteiger partial charge in [0.25, 0.3) is 0 Å². The largest absolute Gasteiger partial charge is 0.495 e. The Kier molecular flexibility index (Phi) is 3.88. The molecule has 0 unspecified atom stereocenters. The molecule has 0 saturated heterocycles. The molecule has 1 aliphatic rings. The van der Waals surface area contributed by atoms with Gasteiger partial charge in [-0.25, -0.2) is 23.2 Å². The van der Waals surface area contributed by atoms with Crippen LogP contribution >= 0.6 is 0 Å². The Hall–Kier alpha value is -2.68. The molecule has 0 spiro atoms. The molecule has 1 aliphatic heterocycles. The van der Waals surface area contributed by atoms with E-state index in [9.17, 15) is 13.2 Å². The van der Waals surface area contributed by atoms with Crippen molar-refractivity contribution in [1.82, 2.24) is 9.97 Å². The molecule has 126 valence electrons. The lowest BCUT2D eigenvalue weighted by atomic mass is 10.2. The fraction of sp³-hybridized carbons (Fsp3) is 0.267. The molecule has 2 aromatic rings. The van der Waals surface area contributed by atoms with Crippen molar-refractivity contribution in [2.45, 2.75) is 11.7 Å². The van der Waals surface area contributed by atoms with Gasteiger partial charge in [-0.1, -0.05) is 12.1 Å². The van der Waals surface area contributed by atoms with Crippen molar-refractivity contribution in [2.75, 3.05) is 30.2 Å². The van der Waals surface area contributed by atoms with Gasteiger partial charge in [-0.2, -0.15) is 0 Å². The molecule has 3 rings (SSSR count). The number of methoxy groups -OCH3 is 1. The van der Waals surface area contributed by atoms with E-state index >= 15 is 0 Å². The highest BCUT2D eigenvalue weighted by Crippen LogP contribution is 2.34. The molecular weight excluding hydrogens is 332 g/mol. The lowest BCUT2D eigenvalue weighted by Gasteiger charge is -2.34. The van der Waals surface area contributed by atoms with Crippen molar-refractivity contribution in [3.05, 3.63) is 36.0 Å². The highest BCUT2D eigenvalue weighted by atomic mass is 32.2. The number of hydrogen-bond donors (Lipinski definition) is 0. The normalized spacial score (nSPS) is 14.5. The minimum absolute atomic E-state index is 0.225. The number of carbonyl (C=O) groups excluding carboxylic acids is 1. The summed E-state index contributed by atoms with van der Waals surface area (Å²) < 4.78 is 28.6. The molecule has 1 aromatic heterocycles. The highest BCUT2D eigenvalue weighted by Gasteiger charge is 2.32. The molecule has 0 aliphatic carbocycles. The van der Waals surface area contributed by atoms with Crippen molar-refractivity contribution in [2.24, 2.45) is 0 Å². The predicted molar refractivity (Wildman–Crippen MR) is 88.1 cm³/mol. The number of fused-ring (bicyclic) bond motifs is 1. The van der Waals surface area contributed by atoms with Crippen LogP contribution in [0.4, 0.5) is 16.3 Å². The van der Waals surface area contributed by atoms with Gasteiger partial charge >= 0.3 is 6.03 Å². The molecule has 0 fully saturated rings. The summed E-state index contributed by atoms with van der Waals surface area (Å²) in [5.74, 6) is 0.859. The summed E-state index contributed by atoms with van der Waals surface area (Å²) >= 11 is 0. The summed E-state index contributed by atoms with van der Waals surface area (Å²) in [5.41, 5.74) is 1.27. The van der Waals surface area contributed by atoms with E-state index in [1.807, 2.05) is 12.1 Å². The number of ether oxygens (including phenoxy) is 1. The third-order valence-corrected chi connectivity index (χ3v) is 4.55. The third-order valence-electron chi connectivity index (χ3n) is 3.69. The maximum atomic E-state index is 12.7. The van der Waals surface area contributed by atoms with E-state index in [1.165, 1.54) is 23.1 Å². The van der Waals surface area contributed by atoms with Crippen LogP contribution in [0.5, 0.6) is 5.75 Å². The van der Waals surface area contributed by atoms with E-state index in [-0.39, 0.29) is 17.7 Å². The summed E-state index contributed by atoms with van der Waals surface area (Å²) in [6.45, 7) is 0.225. The number of nitrogens with zero attached hydrogens (tertiary/aromatic N) is 4. The molecule has 0 bridgehead atoms. The number of carbonyl (C=O) groups is 1. The molecule has 0 saturated carbocycles. The monoisotopic (exact) mass is 348 g/mol. The fourth-order valence-corrected chi connectivity index (χ4v) is 3.01. The first-order valence-corrected chi connectivity index (χ1v) is 8.96. The lowest BCUT2D eigenvalue weighted by molar-refractivity contribution is 0.250. The smallest absolute Gasteiger partial charge is 0.330 e. The van der Waals surface area contributed by atoms with Gasteiger partial charge in [-0.15, -0.1) is 0 Å². The van der Waals surface area contributed by atoms with Crippen molar-refractivity contribution in [3.63, 3.8) is 0 Å².